The van der Waals surface area contributed by atoms with Gasteiger partial charge in [-0.1, -0.05) is 87.4 Å². The number of fused-ring (bicyclic) bond motifs is 4. The zero-order valence-electron chi connectivity index (χ0n) is 30.8. The molecule has 0 fully saturated rings. The first-order valence-corrected chi connectivity index (χ1v) is 16.5. The van der Waals surface area contributed by atoms with Crippen LogP contribution in [0.5, 0.6) is 11.5 Å². The smallest absolute Gasteiger partial charge is 0.509 e. The van der Waals surface area contributed by atoms with Gasteiger partial charge in [0, 0.05) is 34.3 Å². The predicted molar refractivity (Wildman–Crippen MR) is 198 cm³/mol. The number of hydrogen-bond acceptors (Lipinski definition) is 4. The fraction of sp³-hybridized carbons (Fsp3) is 0.186. The van der Waals surface area contributed by atoms with Crippen LogP contribution in [-0.4, -0.2) is 23.2 Å². The molecule has 0 saturated carbocycles. The number of pyridine rings is 1. The summed E-state index contributed by atoms with van der Waals surface area (Å²) < 4.78 is 32.9. The molecule has 0 amide bonds. The summed E-state index contributed by atoms with van der Waals surface area (Å²) in [4.78, 5) is 8.29. The molecule has 0 saturated heterocycles. The minimum atomic E-state index is -2.27. The Morgan fingerprint density at radius 1 is 0.735 bits per heavy atom. The van der Waals surface area contributed by atoms with Gasteiger partial charge in [0.15, 0.2) is 0 Å². The van der Waals surface area contributed by atoms with Crippen LogP contribution in [-0.2, 0) is 21.1 Å². The van der Waals surface area contributed by atoms with E-state index in [0.29, 0.717) is 34.7 Å². The molecule has 246 valence electrons. The second-order valence-corrected chi connectivity index (χ2v) is 12.9. The topological polar surface area (TPSA) is 33.5 Å². The van der Waals surface area contributed by atoms with E-state index in [9.17, 15) is 0 Å². The van der Waals surface area contributed by atoms with E-state index in [1.54, 1.807) is 0 Å². The number of para-hydroxylation sites is 3. The van der Waals surface area contributed by atoms with Gasteiger partial charge < -0.3 is 19.1 Å². The van der Waals surface area contributed by atoms with Gasteiger partial charge in [0.25, 0.3) is 0 Å². The quantitative estimate of drug-likeness (QED) is 0.150. The maximum Gasteiger partial charge on any atom is 2.00 e. The maximum absolute atomic E-state index is 8.08. The monoisotopic (exact) mass is 824 g/mol. The van der Waals surface area contributed by atoms with E-state index in [4.69, 9.17) is 13.8 Å². The maximum atomic E-state index is 8.08. The molecular formula is C43H38N4OPt. The first-order valence-electron chi connectivity index (χ1n) is 18.0. The van der Waals surface area contributed by atoms with Crippen LogP contribution in [0, 0.1) is 12.1 Å². The summed E-state index contributed by atoms with van der Waals surface area (Å²) in [5, 5.41) is 2.15. The molecule has 0 aliphatic carbocycles. The van der Waals surface area contributed by atoms with Crippen molar-refractivity contribution in [2.45, 2.75) is 39.5 Å². The third-order valence-corrected chi connectivity index (χ3v) is 9.20. The number of benzene rings is 5. The van der Waals surface area contributed by atoms with Crippen LogP contribution in [0.1, 0.15) is 54.8 Å². The fourth-order valence-electron chi connectivity index (χ4n) is 6.94. The van der Waals surface area contributed by atoms with Gasteiger partial charge in [-0.05, 0) is 69.8 Å². The van der Waals surface area contributed by atoms with E-state index in [-0.39, 0.29) is 27.7 Å². The van der Waals surface area contributed by atoms with E-state index in [1.165, 1.54) is 21.6 Å². The van der Waals surface area contributed by atoms with Crippen molar-refractivity contribution in [2.75, 3.05) is 23.4 Å². The summed E-state index contributed by atoms with van der Waals surface area (Å²) >= 11 is 0. The van der Waals surface area contributed by atoms with Gasteiger partial charge in [-0.3, -0.25) is 0 Å². The van der Waals surface area contributed by atoms with Crippen molar-refractivity contribution in [3.05, 3.63) is 139 Å². The van der Waals surface area contributed by atoms with Crippen molar-refractivity contribution in [1.82, 2.24) is 9.55 Å². The molecule has 5 aromatic carbocycles. The van der Waals surface area contributed by atoms with E-state index < -0.39 is 6.98 Å². The predicted octanol–water partition coefficient (Wildman–Crippen LogP) is 11.0. The molecule has 0 bridgehead atoms. The summed E-state index contributed by atoms with van der Waals surface area (Å²) in [6.07, 6.45) is 1.90. The molecule has 1 aliphatic rings. The first kappa shape index (κ1) is 29.1. The van der Waals surface area contributed by atoms with Crippen molar-refractivity contribution in [1.29, 1.82) is 0 Å². The SMILES string of the molecule is [2H]C([2H])([2H])N1CN(c2[c-]c(Oc3[c-]c4c(cc3)c3ccccc3n4-c3cc(-c4c(C(C)C)cccc4C(C)C)ccn3)ccc2)c2ccccc21.[Pt+2]. The summed E-state index contributed by atoms with van der Waals surface area (Å²) in [6.45, 7) is 6.90. The molecule has 0 unspecified atom stereocenters. The molecule has 0 atom stereocenters. The van der Waals surface area contributed by atoms with Crippen LogP contribution < -0.4 is 14.5 Å². The number of hydrogen-bond donors (Lipinski definition) is 0. The van der Waals surface area contributed by atoms with Crippen molar-refractivity contribution in [3.8, 4) is 28.4 Å². The van der Waals surface area contributed by atoms with Gasteiger partial charge >= 0.3 is 21.1 Å². The minimum Gasteiger partial charge on any atom is -0.509 e. The van der Waals surface area contributed by atoms with Crippen LogP contribution >= 0.6 is 0 Å². The number of ether oxygens (including phenoxy) is 1. The van der Waals surface area contributed by atoms with E-state index in [2.05, 4.69) is 99.0 Å². The van der Waals surface area contributed by atoms with E-state index in [0.717, 1.165) is 38.9 Å². The standard InChI is InChI=1S/C43H38N4O.Pt/c1-28(2)34-15-11-16-35(29(3)4)43(34)30-22-23-44-42(24-30)47-38-17-7-6-14-36(38)37-21-20-33(26-41(37)47)48-32-13-10-12-31(25-32)46-27-45(5)39-18-8-9-19-40(39)46;/h6-24,28-29H,27H2,1-5H3;/q-2;+2/i5D3;. The molecule has 2 aromatic heterocycles. The number of aromatic nitrogens is 2. The van der Waals surface area contributed by atoms with Crippen LogP contribution in [0.25, 0.3) is 38.8 Å². The largest absolute Gasteiger partial charge is 2.00 e. The number of nitrogens with zero attached hydrogens (tertiary/aromatic N) is 4. The van der Waals surface area contributed by atoms with Crippen molar-refractivity contribution < 1.29 is 29.9 Å². The molecule has 0 N–H and O–H groups in total. The van der Waals surface area contributed by atoms with Crippen molar-refractivity contribution in [2.24, 2.45) is 0 Å². The second-order valence-electron chi connectivity index (χ2n) is 12.9. The molecule has 5 nitrogen and oxygen atoms in total. The average Bonchev–Trinajstić information content (AvgIpc) is 3.68. The first-order chi connectivity index (χ1) is 24.6. The fourth-order valence-corrected chi connectivity index (χ4v) is 6.94. The van der Waals surface area contributed by atoms with Gasteiger partial charge in [-0.2, -0.15) is 12.1 Å². The zero-order chi connectivity index (χ0) is 35.4. The molecule has 6 heteroatoms. The van der Waals surface area contributed by atoms with Crippen LogP contribution in [0.3, 0.4) is 0 Å². The van der Waals surface area contributed by atoms with Crippen LogP contribution in [0.15, 0.2) is 115 Å². The van der Waals surface area contributed by atoms with Crippen molar-refractivity contribution >= 4 is 38.9 Å². The molecule has 8 rings (SSSR count). The summed E-state index contributed by atoms with van der Waals surface area (Å²) in [5.74, 6) is 2.58. The molecule has 0 radical (unpaired) electrons. The zero-order valence-corrected chi connectivity index (χ0v) is 30.1. The normalized spacial score (nSPS) is 13.8. The third kappa shape index (κ3) is 5.81. The molecule has 0 spiro atoms. The molecule has 1 aliphatic heterocycles. The Bertz CT molecular complexity index is 2390. The Balaban J connectivity index is 0.00000420. The van der Waals surface area contributed by atoms with E-state index in [1.807, 2.05) is 65.7 Å². The summed E-state index contributed by atoms with van der Waals surface area (Å²) in [7, 11) is 0. The van der Waals surface area contributed by atoms with Gasteiger partial charge in [-0.25, -0.2) is 4.98 Å². The third-order valence-electron chi connectivity index (χ3n) is 9.20. The van der Waals surface area contributed by atoms with Gasteiger partial charge in [0.05, 0.1) is 18.0 Å². The number of rotatable bonds is 7. The second kappa shape index (κ2) is 13.2. The Labute approximate surface area is 307 Å². The van der Waals surface area contributed by atoms with Crippen LogP contribution in [0.4, 0.5) is 17.1 Å². The molecule has 7 aromatic rings. The Morgan fingerprint density at radius 3 is 2.22 bits per heavy atom. The Morgan fingerprint density at radius 2 is 1.45 bits per heavy atom. The van der Waals surface area contributed by atoms with Gasteiger partial charge in [-0.15, -0.1) is 35.7 Å². The van der Waals surface area contributed by atoms with Crippen LogP contribution in [0.2, 0.25) is 0 Å². The van der Waals surface area contributed by atoms with E-state index >= 15 is 0 Å². The molecule has 49 heavy (non-hydrogen) atoms. The summed E-state index contributed by atoms with van der Waals surface area (Å²) in [6, 6.07) is 43.4. The van der Waals surface area contributed by atoms with Gasteiger partial charge in [0.2, 0.25) is 0 Å². The molecule has 3 heterocycles. The van der Waals surface area contributed by atoms with Gasteiger partial charge in [0.1, 0.15) is 5.82 Å². The summed E-state index contributed by atoms with van der Waals surface area (Å²) in [5.41, 5.74) is 9.14. The Hall–Kier alpha value is -4.86. The average molecular weight is 825 g/mol. The Kier molecular flexibility index (Phi) is 7.84. The minimum absolute atomic E-state index is 0. The molecular weight excluding hydrogens is 784 g/mol. The van der Waals surface area contributed by atoms with Crippen molar-refractivity contribution in [3.63, 3.8) is 0 Å². The number of anilines is 3.